The lowest BCUT2D eigenvalue weighted by molar-refractivity contribution is 0.102. The van der Waals surface area contributed by atoms with Gasteiger partial charge in [0.05, 0.1) is 5.56 Å². The van der Waals surface area contributed by atoms with Gasteiger partial charge in [-0.05, 0) is 48.5 Å². The van der Waals surface area contributed by atoms with E-state index in [0.717, 1.165) is 17.8 Å². The fourth-order valence-corrected chi connectivity index (χ4v) is 2.37. The summed E-state index contributed by atoms with van der Waals surface area (Å²) in [5.74, 6) is -1.75. The summed E-state index contributed by atoms with van der Waals surface area (Å²) in [5, 5.41) is 5.65. The third-order valence-electron chi connectivity index (χ3n) is 3.86. The first-order valence-electron chi connectivity index (χ1n) is 8.19. The van der Waals surface area contributed by atoms with Crippen molar-refractivity contribution >= 4 is 28.8 Å². The molecule has 0 spiro atoms. The number of halogens is 2. The molecule has 0 radical (unpaired) electrons. The molecule has 138 valence electrons. The van der Waals surface area contributed by atoms with Gasteiger partial charge in [-0.1, -0.05) is 0 Å². The number of hydrogen-bond donors (Lipinski definition) is 2. The second kappa shape index (κ2) is 7.82. The third kappa shape index (κ3) is 4.58. The van der Waals surface area contributed by atoms with Crippen LogP contribution in [0.1, 0.15) is 10.4 Å². The SMILES string of the molecule is CN(C)c1ccc(NC(=O)c2ccc(Nc3ccc(F)c(F)c3)nc2)cc1. The predicted molar refractivity (Wildman–Crippen MR) is 103 cm³/mol. The molecule has 3 rings (SSSR count). The molecule has 1 heterocycles. The number of amides is 1. The Kier molecular flexibility index (Phi) is 5.30. The molecule has 0 saturated heterocycles. The summed E-state index contributed by atoms with van der Waals surface area (Å²) in [5.41, 5.74) is 2.44. The molecule has 2 N–H and O–H groups in total. The molecule has 0 atom stereocenters. The highest BCUT2D eigenvalue weighted by atomic mass is 19.2. The van der Waals surface area contributed by atoms with Gasteiger partial charge in [0.25, 0.3) is 5.91 Å². The van der Waals surface area contributed by atoms with E-state index < -0.39 is 11.6 Å². The molecule has 0 fully saturated rings. The summed E-state index contributed by atoms with van der Waals surface area (Å²) in [7, 11) is 3.88. The Morgan fingerprint density at radius 3 is 2.22 bits per heavy atom. The van der Waals surface area contributed by atoms with Crippen molar-refractivity contribution in [2.45, 2.75) is 0 Å². The number of aromatic nitrogens is 1. The van der Waals surface area contributed by atoms with Crippen molar-refractivity contribution in [1.29, 1.82) is 0 Å². The number of nitrogens with one attached hydrogen (secondary N) is 2. The highest BCUT2D eigenvalue weighted by Gasteiger charge is 2.08. The first kappa shape index (κ1) is 18.3. The Hall–Kier alpha value is -3.48. The van der Waals surface area contributed by atoms with Crippen molar-refractivity contribution in [2.75, 3.05) is 29.6 Å². The highest BCUT2D eigenvalue weighted by molar-refractivity contribution is 6.04. The zero-order valence-corrected chi connectivity index (χ0v) is 14.8. The maximum atomic E-state index is 13.2. The maximum absolute atomic E-state index is 13.2. The first-order chi connectivity index (χ1) is 12.9. The van der Waals surface area contributed by atoms with Crippen molar-refractivity contribution in [1.82, 2.24) is 4.98 Å². The van der Waals surface area contributed by atoms with Gasteiger partial charge in [0.1, 0.15) is 5.82 Å². The van der Waals surface area contributed by atoms with Gasteiger partial charge >= 0.3 is 0 Å². The van der Waals surface area contributed by atoms with Crippen LogP contribution in [0.5, 0.6) is 0 Å². The van der Waals surface area contributed by atoms with Crippen LogP contribution in [0, 0.1) is 11.6 Å². The number of hydrogen-bond acceptors (Lipinski definition) is 4. The third-order valence-corrected chi connectivity index (χ3v) is 3.86. The minimum absolute atomic E-state index is 0.292. The van der Waals surface area contributed by atoms with Crippen molar-refractivity contribution in [2.24, 2.45) is 0 Å². The standard InChI is InChI=1S/C20H18F2N4O/c1-26(2)16-7-4-14(5-8-16)25-20(27)13-3-10-19(23-12-13)24-15-6-9-17(21)18(22)11-15/h3-12H,1-2H3,(H,23,24)(H,25,27). The van der Waals surface area contributed by atoms with E-state index in [4.69, 9.17) is 0 Å². The quantitative estimate of drug-likeness (QED) is 0.700. The minimum Gasteiger partial charge on any atom is -0.378 e. The van der Waals surface area contributed by atoms with Crippen LogP contribution in [0.2, 0.25) is 0 Å². The van der Waals surface area contributed by atoms with Crippen LogP contribution in [0.3, 0.4) is 0 Å². The number of nitrogens with zero attached hydrogens (tertiary/aromatic N) is 2. The molecule has 0 aliphatic heterocycles. The monoisotopic (exact) mass is 368 g/mol. The van der Waals surface area contributed by atoms with E-state index in [0.29, 0.717) is 22.8 Å². The molecule has 0 aliphatic carbocycles. The van der Waals surface area contributed by atoms with Crippen LogP contribution in [0.15, 0.2) is 60.8 Å². The second-order valence-corrected chi connectivity index (χ2v) is 6.08. The Morgan fingerprint density at radius 1 is 0.926 bits per heavy atom. The zero-order chi connectivity index (χ0) is 19.4. The summed E-state index contributed by atoms with van der Waals surface area (Å²) in [6, 6.07) is 14.1. The summed E-state index contributed by atoms with van der Waals surface area (Å²) < 4.78 is 26.2. The largest absolute Gasteiger partial charge is 0.378 e. The Morgan fingerprint density at radius 2 is 1.63 bits per heavy atom. The van der Waals surface area contributed by atoms with Gasteiger partial charge in [0.15, 0.2) is 11.6 Å². The van der Waals surface area contributed by atoms with Crippen LogP contribution in [-0.2, 0) is 0 Å². The van der Waals surface area contributed by atoms with Crippen LogP contribution in [-0.4, -0.2) is 25.0 Å². The molecule has 0 aliphatic rings. The van der Waals surface area contributed by atoms with Gasteiger partial charge in [0.2, 0.25) is 0 Å². The van der Waals surface area contributed by atoms with E-state index in [1.165, 1.54) is 12.3 Å². The number of anilines is 4. The maximum Gasteiger partial charge on any atom is 0.257 e. The number of carbonyl (C=O) groups is 1. The summed E-state index contributed by atoms with van der Waals surface area (Å²) in [4.78, 5) is 18.4. The van der Waals surface area contributed by atoms with Gasteiger partial charge in [-0.3, -0.25) is 4.79 Å². The van der Waals surface area contributed by atoms with E-state index in [9.17, 15) is 13.6 Å². The van der Waals surface area contributed by atoms with E-state index >= 15 is 0 Å². The summed E-state index contributed by atoms with van der Waals surface area (Å²) in [6.45, 7) is 0. The lowest BCUT2D eigenvalue weighted by Crippen LogP contribution is -2.13. The molecular formula is C20H18F2N4O. The van der Waals surface area contributed by atoms with Crippen LogP contribution in [0.4, 0.5) is 31.7 Å². The molecule has 1 aromatic heterocycles. The van der Waals surface area contributed by atoms with E-state index in [1.807, 2.05) is 43.3 Å². The van der Waals surface area contributed by atoms with Gasteiger partial charge in [0, 0.05) is 43.4 Å². The van der Waals surface area contributed by atoms with Crippen molar-refractivity contribution < 1.29 is 13.6 Å². The Balaban J connectivity index is 1.65. The number of carbonyl (C=O) groups excluding carboxylic acids is 1. The van der Waals surface area contributed by atoms with Crippen molar-refractivity contribution in [3.63, 3.8) is 0 Å². The average molecular weight is 368 g/mol. The normalized spacial score (nSPS) is 10.4. The van der Waals surface area contributed by atoms with Gasteiger partial charge < -0.3 is 15.5 Å². The molecule has 0 bridgehead atoms. The molecule has 0 saturated carbocycles. The number of rotatable bonds is 5. The van der Waals surface area contributed by atoms with E-state index in [-0.39, 0.29) is 5.91 Å². The van der Waals surface area contributed by atoms with Gasteiger partial charge in [-0.25, -0.2) is 13.8 Å². The Labute approximate surface area is 155 Å². The van der Waals surface area contributed by atoms with Gasteiger partial charge in [-0.15, -0.1) is 0 Å². The average Bonchev–Trinajstić information content (AvgIpc) is 2.66. The van der Waals surface area contributed by atoms with Crippen LogP contribution < -0.4 is 15.5 Å². The van der Waals surface area contributed by atoms with Gasteiger partial charge in [-0.2, -0.15) is 0 Å². The fourth-order valence-electron chi connectivity index (χ4n) is 2.37. The molecule has 2 aromatic carbocycles. The molecule has 27 heavy (non-hydrogen) atoms. The van der Waals surface area contributed by atoms with E-state index in [2.05, 4.69) is 15.6 Å². The minimum atomic E-state index is -0.948. The molecule has 5 nitrogen and oxygen atoms in total. The zero-order valence-electron chi connectivity index (χ0n) is 14.8. The summed E-state index contributed by atoms with van der Waals surface area (Å²) >= 11 is 0. The highest BCUT2D eigenvalue weighted by Crippen LogP contribution is 2.19. The van der Waals surface area contributed by atoms with Crippen LogP contribution in [0.25, 0.3) is 0 Å². The first-order valence-corrected chi connectivity index (χ1v) is 8.19. The molecular weight excluding hydrogens is 350 g/mol. The number of benzene rings is 2. The molecule has 7 heteroatoms. The number of pyridine rings is 1. The smallest absolute Gasteiger partial charge is 0.257 e. The van der Waals surface area contributed by atoms with Crippen molar-refractivity contribution in [3.8, 4) is 0 Å². The fraction of sp³-hybridized carbons (Fsp3) is 0.100. The Bertz CT molecular complexity index is 941. The molecule has 0 unspecified atom stereocenters. The van der Waals surface area contributed by atoms with E-state index in [1.54, 1.807) is 12.1 Å². The summed E-state index contributed by atoms with van der Waals surface area (Å²) in [6.07, 6.45) is 1.41. The lowest BCUT2D eigenvalue weighted by atomic mass is 10.2. The topological polar surface area (TPSA) is 57.3 Å². The molecule has 1 amide bonds. The van der Waals surface area contributed by atoms with Crippen LogP contribution >= 0.6 is 0 Å². The second-order valence-electron chi connectivity index (χ2n) is 6.08. The van der Waals surface area contributed by atoms with Crippen molar-refractivity contribution in [3.05, 3.63) is 78.0 Å². The lowest BCUT2D eigenvalue weighted by Gasteiger charge is -2.13. The predicted octanol–water partition coefficient (Wildman–Crippen LogP) is 4.42. The molecule has 3 aromatic rings.